The van der Waals surface area contributed by atoms with Crippen LogP contribution in [0.3, 0.4) is 0 Å². The van der Waals surface area contributed by atoms with Crippen LogP contribution in [0.1, 0.15) is 0 Å². The van der Waals surface area contributed by atoms with E-state index in [-0.39, 0.29) is 0 Å². The third kappa shape index (κ3) is 4.94. The van der Waals surface area contributed by atoms with E-state index in [1.165, 1.54) is 4.18 Å². The van der Waals surface area contributed by atoms with Gasteiger partial charge in [0.05, 0.1) is 0 Å². The summed E-state index contributed by atoms with van der Waals surface area (Å²) in [5.74, 6) is -93.8. The first-order valence-corrected chi connectivity index (χ1v) is 9.73. The summed E-state index contributed by atoms with van der Waals surface area (Å²) >= 11 is 0. The Balaban J connectivity index is 7.38. The van der Waals surface area contributed by atoms with Crippen molar-refractivity contribution in [2.75, 3.05) is 0 Å². The largest absolute Gasteiger partial charge is 0.460 e. The Morgan fingerprint density at radius 3 is 0.667 bits per heavy atom. The molecule has 0 rings (SSSR count). The molecule has 0 saturated carbocycles. The summed E-state index contributed by atoms with van der Waals surface area (Å²) in [7, 11) is -7.29. The van der Waals surface area contributed by atoms with Crippen LogP contribution in [0.4, 0.5) is 110 Å². The fraction of sp³-hybridized carbons (Fsp3) is 1.00. The molecule has 0 unspecified atom stereocenters. The van der Waals surface area contributed by atoms with Crippen molar-refractivity contribution < 1.29 is 127 Å². The highest BCUT2D eigenvalue weighted by Crippen LogP contribution is 2.67. The first kappa shape index (κ1) is 40.1. The minimum Gasteiger partial charge on any atom is -0.263 e. The quantitative estimate of drug-likeness (QED) is 0.170. The van der Waals surface area contributed by atoms with Gasteiger partial charge in [-0.3, -0.25) is 4.55 Å². The second-order valence-corrected chi connectivity index (χ2v) is 8.29. The molecule has 0 bridgehead atoms. The Kier molecular flexibility index (Phi) is 9.13. The van der Waals surface area contributed by atoms with E-state index in [1.54, 1.807) is 0 Å². The number of halogens is 25. The fourth-order valence-electron chi connectivity index (χ4n) is 2.12. The van der Waals surface area contributed by atoms with Gasteiger partial charge in [0.2, 0.25) is 0 Å². The molecule has 0 aliphatic heterocycles. The van der Waals surface area contributed by atoms with Gasteiger partial charge < -0.3 is 0 Å². The van der Waals surface area contributed by atoms with Crippen molar-refractivity contribution in [3.63, 3.8) is 0 Å². The highest BCUT2D eigenvalue weighted by Gasteiger charge is 2.99. The number of alkyl halides is 25. The van der Waals surface area contributed by atoms with Gasteiger partial charge in [-0.2, -0.15) is 122 Å². The van der Waals surface area contributed by atoms with Gasteiger partial charge in [-0.05, 0) is 0 Å². The van der Waals surface area contributed by atoms with Gasteiger partial charge in [0.15, 0.2) is 0 Å². The van der Waals surface area contributed by atoms with Crippen LogP contribution in [-0.2, 0) is 14.6 Å². The summed E-state index contributed by atoms with van der Waals surface area (Å²) in [5, 5.41) is 0. The average molecular weight is 716 g/mol. The highest BCUT2D eigenvalue weighted by molar-refractivity contribution is 7.80. The predicted octanol–water partition coefficient (Wildman–Crippen LogP) is 7.31. The lowest BCUT2D eigenvalue weighted by Gasteiger charge is -2.45. The van der Waals surface area contributed by atoms with Crippen molar-refractivity contribution in [2.24, 2.45) is 0 Å². The van der Waals surface area contributed by atoms with Crippen LogP contribution in [0.15, 0.2) is 0 Å². The van der Waals surface area contributed by atoms with Gasteiger partial charge in [0, 0.05) is 0 Å². The molecule has 0 radical (unpaired) electrons. The molecule has 0 amide bonds. The molecule has 1 N–H and O–H groups in total. The molecule has 4 nitrogen and oxygen atoms in total. The van der Waals surface area contributed by atoms with Gasteiger partial charge >= 0.3 is 81.9 Å². The number of rotatable bonds is 12. The van der Waals surface area contributed by atoms with E-state index in [2.05, 4.69) is 0 Å². The molecular weight excluding hydrogens is 715 g/mol. The third-order valence-electron chi connectivity index (χ3n) is 4.48. The lowest BCUT2D eigenvalue weighted by atomic mass is 9.85. The standard InChI is InChI=1S/C12HF25O4S/c13-1(14,3(17,18)5(21,22)7(25,26)9(29,30)11(33,34)35)2(15,16)4(19,20)6(23,24)8(27,28)10(31,32)12(36,37)41-42(38,39)40/h(H,38,39,40). The normalized spacial score (nSPS) is 17.1. The Labute approximate surface area is 210 Å². The second-order valence-electron chi connectivity index (χ2n) is 7.27. The summed E-state index contributed by atoms with van der Waals surface area (Å²) in [6, 6.07) is 0. The SMILES string of the molecule is O=S(=O)(O)OC(F)(F)C(F)(F)C(F)(F)C(F)(F)C(F)(F)C(F)(F)C(F)(F)C(F)(F)C(F)(F)C(F)(F)C(F)(F)C(F)(F)F. The molecule has 254 valence electrons. The van der Waals surface area contributed by atoms with E-state index >= 15 is 0 Å². The monoisotopic (exact) mass is 716 g/mol. The van der Waals surface area contributed by atoms with Crippen molar-refractivity contribution >= 4 is 10.4 Å². The van der Waals surface area contributed by atoms with Crippen molar-refractivity contribution in [3.8, 4) is 0 Å². The summed E-state index contributed by atoms with van der Waals surface area (Å²) in [4.78, 5) is 0. The van der Waals surface area contributed by atoms with Crippen LogP contribution in [0.5, 0.6) is 0 Å². The molecule has 0 fully saturated rings. The van der Waals surface area contributed by atoms with Crippen LogP contribution in [0, 0.1) is 0 Å². The third-order valence-corrected chi connectivity index (χ3v) is 4.90. The van der Waals surface area contributed by atoms with Gasteiger partial charge in [0.25, 0.3) is 0 Å². The van der Waals surface area contributed by atoms with E-state index < -0.39 is 81.9 Å². The molecule has 0 heterocycles. The average Bonchev–Trinajstić information content (AvgIpc) is 2.69. The van der Waals surface area contributed by atoms with Crippen molar-refractivity contribution in [3.05, 3.63) is 0 Å². The topological polar surface area (TPSA) is 63.6 Å². The lowest BCUT2D eigenvalue weighted by Crippen LogP contribution is -2.78. The molecule has 0 saturated heterocycles. The zero-order chi connectivity index (χ0) is 35.2. The maximum Gasteiger partial charge on any atom is 0.460 e. The zero-order valence-electron chi connectivity index (χ0n) is 17.5. The molecule has 0 aliphatic rings. The van der Waals surface area contributed by atoms with Crippen LogP contribution < -0.4 is 0 Å². The van der Waals surface area contributed by atoms with E-state index in [0.717, 1.165) is 0 Å². The minimum atomic E-state index is -9.75. The molecule has 0 spiro atoms. The lowest BCUT2D eigenvalue weighted by molar-refractivity contribution is -0.486. The zero-order valence-corrected chi connectivity index (χ0v) is 18.3. The Morgan fingerprint density at radius 2 is 0.500 bits per heavy atom. The maximum absolute atomic E-state index is 13.5. The molecule has 0 atom stereocenters. The van der Waals surface area contributed by atoms with Crippen LogP contribution in [-0.4, -0.2) is 84.5 Å². The molecule has 42 heavy (non-hydrogen) atoms. The van der Waals surface area contributed by atoms with Gasteiger partial charge in [0.1, 0.15) is 0 Å². The molecule has 0 aromatic carbocycles. The van der Waals surface area contributed by atoms with Crippen LogP contribution >= 0.6 is 0 Å². The van der Waals surface area contributed by atoms with E-state index in [0.29, 0.717) is 0 Å². The van der Waals surface area contributed by atoms with Crippen molar-refractivity contribution in [1.29, 1.82) is 0 Å². The van der Waals surface area contributed by atoms with E-state index in [1.807, 2.05) is 0 Å². The first-order valence-electron chi connectivity index (χ1n) is 8.36. The molecular formula is C12HF25O4S. The van der Waals surface area contributed by atoms with Crippen LogP contribution in [0.25, 0.3) is 0 Å². The Morgan fingerprint density at radius 1 is 0.333 bits per heavy atom. The van der Waals surface area contributed by atoms with Gasteiger partial charge in [-0.25, -0.2) is 0 Å². The molecule has 0 aliphatic carbocycles. The summed E-state index contributed by atoms with van der Waals surface area (Å²) in [6.07, 6.45) is -16.3. The smallest absolute Gasteiger partial charge is 0.263 e. The first-order chi connectivity index (χ1) is 17.5. The molecule has 0 aromatic heterocycles. The van der Waals surface area contributed by atoms with Crippen molar-refractivity contribution in [2.45, 2.75) is 71.5 Å². The molecule has 30 heteroatoms. The Hall–Kier alpha value is -1.88. The summed E-state index contributed by atoms with van der Waals surface area (Å²) in [5.41, 5.74) is 0. The molecule has 0 aromatic rings. The highest BCUT2D eigenvalue weighted by atomic mass is 32.3. The van der Waals surface area contributed by atoms with E-state index in [4.69, 9.17) is 4.55 Å². The van der Waals surface area contributed by atoms with Gasteiger partial charge in [-0.1, -0.05) is 0 Å². The number of hydrogen-bond donors (Lipinski definition) is 1. The second kappa shape index (κ2) is 9.56. The minimum absolute atomic E-state index is 1.42. The predicted molar refractivity (Wildman–Crippen MR) is 73.1 cm³/mol. The van der Waals surface area contributed by atoms with Crippen molar-refractivity contribution in [1.82, 2.24) is 0 Å². The van der Waals surface area contributed by atoms with Gasteiger partial charge in [-0.15, -0.1) is 0 Å². The Bertz CT molecular complexity index is 1120. The fourth-order valence-corrected chi connectivity index (χ4v) is 2.49. The maximum atomic E-state index is 13.5. The van der Waals surface area contributed by atoms with Crippen LogP contribution in [0.2, 0.25) is 0 Å². The number of hydrogen-bond acceptors (Lipinski definition) is 3. The summed E-state index contributed by atoms with van der Waals surface area (Å²) in [6.45, 7) is 0. The summed E-state index contributed by atoms with van der Waals surface area (Å²) < 4.78 is 357. The van der Waals surface area contributed by atoms with E-state index in [9.17, 15) is 118 Å².